The van der Waals surface area contributed by atoms with Gasteiger partial charge in [0.2, 0.25) is 11.8 Å². The Morgan fingerprint density at radius 1 is 0.981 bits per heavy atom. The lowest BCUT2D eigenvalue weighted by Gasteiger charge is -2.63. The third kappa shape index (κ3) is 7.29. The highest BCUT2D eigenvalue weighted by molar-refractivity contribution is 8.00. The van der Waals surface area contributed by atoms with Gasteiger partial charge in [0.25, 0.3) is 11.8 Å². The molecule has 4 amide bonds. The second-order valence-electron chi connectivity index (χ2n) is 17.7. The van der Waals surface area contributed by atoms with Crippen molar-refractivity contribution < 1.29 is 34.5 Å². The van der Waals surface area contributed by atoms with Gasteiger partial charge in [-0.3, -0.25) is 24.1 Å². The summed E-state index contributed by atoms with van der Waals surface area (Å²) in [6.07, 6.45) is 12.1. The lowest BCUT2D eigenvalue weighted by Crippen LogP contribution is -2.71. The third-order valence-electron chi connectivity index (χ3n) is 14.7. The number of carbonyl (C=O) groups excluding carboxylic acids is 4. The minimum atomic E-state index is -0.815. The molecule has 2 aliphatic heterocycles. The number of nitrogens with zero attached hydrogens (tertiary/aromatic N) is 1. The van der Waals surface area contributed by atoms with Crippen molar-refractivity contribution in [2.75, 3.05) is 5.75 Å². The summed E-state index contributed by atoms with van der Waals surface area (Å²) in [5.74, 6) is 3.11. The number of aliphatic hydroxyl groups is 3. The lowest BCUT2D eigenvalue weighted by molar-refractivity contribution is -0.223. The van der Waals surface area contributed by atoms with Crippen molar-refractivity contribution in [3.05, 3.63) is 11.3 Å². The van der Waals surface area contributed by atoms with Crippen molar-refractivity contribution in [2.24, 2.45) is 46.3 Å². The molecule has 12 heteroatoms. The molecule has 294 valence electrons. The van der Waals surface area contributed by atoms with E-state index in [1.165, 1.54) is 16.7 Å². The van der Waals surface area contributed by atoms with E-state index < -0.39 is 41.8 Å². The van der Waals surface area contributed by atoms with Gasteiger partial charge >= 0.3 is 0 Å². The minimum Gasteiger partial charge on any atom is -0.393 e. The monoisotopic (exact) mass is 754 g/mol. The number of aliphatic hydroxyl groups excluding tert-OH is 3. The summed E-state index contributed by atoms with van der Waals surface area (Å²) in [5.41, 5.74) is 0.928. The van der Waals surface area contributed by atoms with Crippen LogP contribution in [0.25, 0.3) is 0 Å². The third-order valence-corrected chi connectivity index (χ3v) is 16.1. The Morgan fingerprint density at radius 2 is 1.70 bits per heavy atom. The van der Waals surface area contributed by atoms with Crippen molar-refractivity contribution in [2.45, 2.75) is 154 Å². The molecule has 6 N–H and O–H groups in total. The predicted molar refractivity (Wildman–Crippen MR) is 203 cm³/mol. The molecule has 5 unspecified atom stereocenters. The number of thioether (sulfide) groups is 1. The zero-order chi connectivity index (χ0) is 38.4. The summed E-state index contributed by atoms with van der Waals surface area (Å²) in [5, 5.41) is 41.6. The maximum Gasteiger partial charge on any atom is 0.269 e. The second kappa shape index (κ2) is 15.9. The number of hydrogen-bond acceptors (Lipinski definition) is 8. The van der Waals surface area contributed by atoms with E-state index in [-0.39, 0.29) is 58.4 Å². The Labute approximate surface area is 319 Å². The van der Waals surface area contributed by atoms with Crippen LogP contribution in [0.1, 0.15) is 118 Å². The SMILES string of the molecule is C#CCC(NC(=O)CCCC)NC(=O)C1=C(C)CSC2C(NC(=O)CC[C@@H](C)[C@H]3CC[C@H]4[C@@H]5C(O)C(O)[C@@H]6C[C@H](O)CC[C@]6(C)[C@H]5CC[C@]34C)C(=O)N12. The first-order valence-electron chi connectivity index (χ1n) is 20.2. The summed E-state index contributed by atoms with van der Waals surface area (Å²) in [6.45, 7) is 10.7. The maximum atomic E-state index is 13.5. The van der Waals surface area contributed by atoms with Crippen LogP contribution in [0.5, 0.6) is 0 Å². The molecular formula is C41H62N4O7S. The number of nitrogens with one attached hydrogen (secondary N) is 3. The molecule has 11 nitrogen and oxygen atoms in total. The van der Waals surface area contributed by atoms with E-state index in [4.69, 9.17) is 6.42 Å². The number of unbranched alkanes of at least 4 members (excludes halogenated alkanes) is 1. The number of terminal acetylenes is 1. The second-order valence-corrected chi connectivity index (χ2v) is 18.9. The van der Waals surface area contributed by atoms with Crippen LogP contribution in [0.15, 0.2) is 11.3 Å². The van der Waals surface area contributed by atoms with Crippen molar-refractivity contribution >= 4 is 35.4 Å². The Hall–Kier alpha value is -2.59. The van der Waals surface area contributed by atoms with E-state index in [2.05, 4.69) is 42.6 Å². The Morgan fingerprint density at radius 3 is 2.42 bits per heavy atom. The molecule has 0 aromatic carbocycles. The predicted octanol–water partition coefficient (Wildman–Crippen LogP) is 3.81. The molecule has 5 fully saturated rings. The van der Waals surface area contributed by atoms with Gasteiger partial charge in [-0.15, -0.1) is 24.1 Å². The van der Waals surface area contributed by atoms with Gasteiger partial charge < -0.3 is 31.3 Å². The van der Waals surface area contributed by atoms with Crippen LogP contribution in [0.2, 0.25) is 0 Å². The minimum absolute atomic E-state index is 0.0109. The summed E-state index contributed by atoms with van der Waals surface area (Å²) in [6, 6.07) is -0.720. The Balaban J connectivity index is 1.03. The standard InChI is InChI=1S/C41H62N4O7S/c1-7-9-11-30(47)42-29(10-8-2)43-37(51)34-23(4)21-53-39-33(38(52)45(34)39)44-31(48)15-12-22(3)25-13-14-26-32-27(17-19-40(25,26)5)41(6)18-16-24(46)20-28(41)35(49)36(32)50/h2,22,24-29,32-33,35-36,39,46,49-50H,7,9-21H2,1,3-6H3,(H,42,47)(H,43,51)(H,44,48)/t22-,24-,25-,26+,27+,28+,29?,32+,33?,35?,36?,39?,40-,41-/m1/s1. The normalized spacial score (nSPS) is 40.0. The highest BCUT2D eigenvalue weighted by Gasteiger charge is 2.65. The van der Waals surface area contributed by atoms with Gasteiger partial charge in [0.05, 0.1) is 18.3 Å². The summed E-state index contributed by atoms with van der Waals surface area (Å²) in [4.78, 5) is 54.1. The summed E-state index contributed by atoms with van der Waals surface area (Å²) >= 11 is 1.52. The largest absolute Gasteiger partial charge is 0.393 e. The maximum absolute atomic E-state index is 13.5. The first kappa shape index (κ1) is 40.1. The Bertz CT molecular complexity index is 1510. The summed E-state index contributed by atoms with van der Waals surface area (Å²) < 4.78 is 0. The lowest BCUT2D eigenvalue weighted by atomic mass is 9.43. The number of carbonyl (C=O) groups is 4. The van der Waals surface area contributed by atoms with Crippen LogP contribution in [0.4, 0.5) is 0 Å². The molecule has 0 radical (unpaired) electrons. The molecule has 4 aliphatic carbocycles. The molecule has 0 bridgehead atoms. The van der Waals surface area contributed by atoms with Gasteiger partial charge in [0.15, 0.2) is 0 Å². The van der Waals surface area contributed by atoms with Crippen molar-refractivity contribution in [1.82, 2.24) is 20.9 Å². The van der Waals surface area contributed by atoms with Gasteiger partial charge in [-0.25, -0.2) is 0 Å². The molecule has 0 spiro atoms. The Kier molecular flexibility index (Phi) is 12.0. The van der Waals surface area contributed by atoms with Crippen LogP contribution >= 0.6 is 11.8 Å². The van der Waals surface area contributed by atoms with Crippen LogP contribution in [0.3, 0.4) is 0 Å². The van der Waals surface area contributed by atoms with Gasteiger partial charge in [-0.2, -0.15) is 0 Å². The molecule has 2 heterocycles. The van der Waals surface area contributed by atoms with E-state index in [0.29, 0.717) is 49.2 Å². The number of hydrogen-bond donors (Lipinski definition) is 6. The highest BCUT2D eigenvalue weighted by Crippen LogP contribution is 2.68. The molecule has 1 saturated heterocycles. The topological polar surface area (TPSA) is 168 Å². The average molecular weight is 755 g/mol. The van der Waals surface area contributed by atoms with Gasteiger partial charge in [-0.05, 0) is 117 Å². The fraction of sp³-hybridized carbons (Fsp3) is 0.805. The molecule has 0 aromatic rings. The molecule has 6 aliphatic rings. The smallest absolute Gasteiger partial charge is 0.269 e. The van der Waals surface area contributed by atoms with Crippen molar-refractivity contribution in [1.29, 1.82) is 0 Å². The first-order chi connectivity index (χ1) is 25.2. The van der Waals surface area contributed by atoms with Crippen LogP contribution < -0.4 is 16.0 Å². The first-order valence-corrected chi connectivity index (χ1v) is 21.2. The van der Waals surface area contributed by atoms with Crippen molar-refractivity contribution in [3.8, 4) is 12.3 Å². The fourth-order valence-electron chi connectivity index (χ4n) is 11.9. The average Bonchev–Trinajstić information content (AvgIpc) is 3.48. The highest BCUT2D eigenvalue weighted by atomic mass is 32.2. The molecule has 4 saturated carbocycles. The van der Waals surface area contributed by atoms with Crippen molar-refractivity contribution in [3.63, 3.8) is 0 Å². The molecular weight excluding hydrogens is 693 g/mol. The van der Waals surface area contributed by atoms with Gasteiger partial charge in [-0.1, -0.05) is 34.1 Å². The van der Waals surface area contributed by atoms with E-state index in [0.717, 1.165) is 56.9 Å². The number of rotatable bonds is 12. The molecule has 14 atom stereocenters. The number of β-lactam (4-membered cyclic amide) rings is 1. The number of fused-ring (bicyclic) bond motifs is 6. The van der Waals surface area contributed by atoms with Crippen LogP contribution in [-0.4, -0.2) is 85.5 Å². The van der Waals surface area contributed by atoms with E-state index in [1.54, 1.807) is 0 Å². The van der Waals surface area contributed by atoms with E-state index in [9.17, 15) is 34.5 Å². The molecule has 0 aromatic heterocycles. The molecule has 53 heavy (non-hydrogen) atoms. The molecule has 6 rings (SSSR count). The number of amides is 4. The van der Waals surface area contributed by atoms with E-state index >= 15 is 0 Å². The zero-order valence-electron chi connectivity index (χ0n) is 32.2. The van der Waals surface area contributed by atoms with Crippen LogP contribution in [-0.2, 0) is 19.2 Å². The van der Waals surface area contributed by atoms with E-state index in [1.807, 2.05) is 13.8 Å². The fourth-order valence-corrected chi connectivity index (χ4v) is 13.2. The zero-order valence-corrected chi connectivity index (χ0v) is 33.1. The van der Waals surface area contributed by atoms with Gasteiger partial charge in [0, 0.05) is 25.0 Å². The summed E-state index contributed by atoms with van der Waals surface area (Å²) in [7, 11) is 0. The van der Waals surface area contributed by atoms with Gasteiger partial charge in [0.1, 0.15) is 23.3 Å². The quantitative estimate of drug-likeness (QED) is 0.0994. The van der Waals surface area contributed by atoms with Crippen LogP contribution in [0, 0.1) is 58.7 Å².